The van der Waals surface area contributed by atoms with E-state index in [-0.39, 0.29) is 11.9 Å². The van der Waals surface area contributed by atoms with Crippen LogP contribution in [0.5, 0.6) is 0 Å². The van der Waals surface area contributed by atoms with Gasteiger partial charge in [-0.05, 0) is 36.6 Å². The molecule has 0 bridgehead atoms. The van der Waals surface area contributed by atoms with Gasteiger partial charge >= 0.3 is 0 Å². The van der Waals surface area contributed by atoms with Gasteiger partial charge in [-0.15, -0.1) is 0 Å². The Morgan fingerprint density at radius 3 is 2.61 bits per heavy atom. The molecule has 2 rings (SSSR count). The maximum absolute atomic E-state index is 12.1. The number of nitrogens with zero attached hydrogens (tertiary/aromatic N) is 1. The second-order valence-corrected chi connectivity index (χ2v) is 5.57. The van der Waals surface area contributed by atoms with E-state index in [1.807, 2.05) is 4.90 Å². The number of hydrogen-bond donors (Lipinski definition) is 1. The summed E-state index contributed by atoms with van der Waals surface area (Å²) in [4.78, 5) is 13.9. The first kappa shape index (κ1) is 13.7. The van der Waals surface area contributed by atoms with Crippen LogP contribution in [0, 0.1) is 0 Å². The summed E-state index contributed by atoms with van der Waals surface area (Å²) in [7, 11) is 0. The Labute approximate surface area is 117 Å². The highest BCUT2D eigenvalue weighted by Gasteiger charge is 2.21. The third-order valence-electron chi connectivity index (χ3n) is 3.09. The number of nitrogens with two attached hydrogens (primary N) is 1. The van der Waals surface area contributed by atoms with Gasteiger partial charge in [-0.1, -0.05) is 23.2 Å². The molecule has 3 nitrogen and oxygen atoms in total. The van der Waals surface area contributed by atoms with Crippen LogP contribution in [-0.4, -0.2) is 29.9 Å². The van der Waals surface area contributed by atoms with Crippen LogP contribution in [0.25, 0.3) is 0 Å². The van der Waals surface area contributed by atoms with Crippen molar-refractivity contribution in [3.05, 3.63) is 33.8 Å². The molecule has 0 saturated carbocycles. The van der Waals surface area contributed by atoms with Gasteiger partial charge in [0, 0.05) is 29.2 Å². The van der Waals surface area contributed by atoms with Gasteiger partial charge in [-0.25, -0.2) is 0 Å². The van der Waals surface area contributed by atoms with E-state index in [0.717, 1.165) is 24.9 Å². The van der Waals surface area contributed by atoms with Crippen molar-refractivity contribution >= 4 is 29.1 Å². The zero-order valence-electron chi connectivity index (χ0n) is 10.0. The van der Waals surface area contributed by atoms with Crippen molar-refractivity contribution in [3.63, 3.8) is 0 Å². The molecule has 1 aromatic carbocycles. The van der Waals surface area contributed by atoms with Crippen molar-refractivity contribution in [2.75, 3.05) is 13.1 Å². The Balaban J connectivity index is 2.02. The molecule has 1 heterocycles. The minimum Gasteiger partial charge on any atom is -0.341 e. The summed E-state index contributed by atoms with van der Waals surface area (Å²) >= 11 is 11.8. The van der Waals surface area contributed by atoms with Crippen molar-refractivity contribution < 1.29 is 4.79 Å². The minimum absolute atomic E-state index is 0.0866. The lowest BCUT2D eigenvalue weighted by molar-refractivity contribution is -0.131. The Morgan fingerprint density at radius 1 is 1.33 bits per heavy atom. The lowest BCUT2D eigenvalue weighted by Crippen LogP contribution is -2.46. The van der Waals surface area contributed by atoms with Gasteiger partial charge in [-0.2, -0.15) is 0 Å². The van der Waals surface area contributed by atoms with E-state index in [2.05, 4.69) is 0 Å². The lowest BCUT2D eigenvalue weighted by atomic mass is 10.1. The Hall–Kier alpha value is -0.770. The number of amides is 1. The molecule has 98 valence electrons. The van der Waals surface area contributed by atoms with E-state index in [0.29, 0.717) is 23.0 Å². The smallest absolute Gasteiger partial charge is 0.227 e. The zero-order chi connectivity index (χ0) is 13.1. The molecule has 2 N–H and O–H groups in total. The van der Waals surface area contributed by atoms with Gasteiger partial charge in [-0.3, -0.25) is 4.79 Å². The molecule has 1 atom stereocenters. The summed E-state index contributed by atoms with van der Waals surface area (Å²) in [6.07, 6.45) is 2.29. The first-order chi connectivity index (χ1) is 8.54. The molecule has 1 aromatic rings. The van der Waals surface area contributed by atoms with Crippen molar-refractivity contribution in [3.8, 4) is 0 Å². The lowest BCUT2D eigenvalue weighted by Gasteiger charge is -2.30. The summed E-state index contributed by atoms with van der Waals surface area (Å²) < 4.78 is 0. The predicted octanol–water partition coefficient (Wildman–Crippen LogP) is 2.49. The predicted molar refractivity (Wildman–Crippen MR) is 74.0 cm³/mol. The molecule has 18 heavy (non-hydrogen) atoms. The number of carbonyl (C=O) groups is 1. The first-order valence-corrected chi connectivity index (χ1v) is 6.78. The fraction of sp³-hybridized carbons (Fsp3) is 0.462. The molecule has 5 heteroatoms. The van der Waals surface area contributed by atoms with Crippen molar-refractivity contribution in [1.82, 2.24) is 4.90 Å². The number of rotatable bonds is 2. The second kappa shape index (κ2) is 5.91. The van der Waals surface area contributed by atoms with Crippen LogP contribution in [0.3, 0.4) is 0 Å². The van der Waals surface area contributed by atoms with E-state index >= 15 is 0 Å². The van der Waals surface area contributed by atoms with Crippen LogP contribution < -0.4 is 5.73 Å². The molecule has 0 spiro atoms. The maximum atomic E-state index is 12.1. The highest BCUT2D eigenvalue weighted by atomic mass is 35.5. The highest BCUT2D eigenvalue weighted by Crippen LogP contribution is 2.20. The van der Waals surface area contributed by atoms with E-state index in [4.69, 9.17) is 28.9 Å². The molecular formula is C13H16Cl2N2O. The summed E-state index contributed by atoms with van der Waals surface area (Å²) in [6, 6.07) is 5.31. The van der Waals surface area contributed by atoms with Crippen LogP contribution in [0.4, 0.5) is 0 Å². The second-order valence-electron chi connectivity index (χ2n) is 4.70. The zero-order valence-corrected chi connectivity index (χ0v) is 11.5. The van der Waals surface area contributed by atoms with E-state index in [1.54, 1.807) is 18.2 Å². The Bertz CT molecular complexity index is 430. The number of benzene rings is 1. The van der Waals surface area contributed by atoms with Gasteiger partial charge in [0.05, 0.1) is 6.42 Å². The van der Waals surface area contributed by atoms with Gasteiger partial charge in [0.25, 0.3) is 0 Å². The number of carbonyl (C=O) groups excluding carboxylic acids is 1. The van der Waals surface area contributed by atoms with Gasteiger partial charge in [0.15, 0.2) is 0 Å². The summed E-state index contributed by atoms with van der Waals surface area (Å²) in [5.74, 6) is 0.0866. The van der Waals surface area contributed by atoms with E-state index in [9.17, 15) is 4.79 Å². The number of piperidine rings is 1. The van der Waals surface area contributed by atoms with Crippen LogP contribution >= 0.6 is 23.2 Å². The molecule has 0 aliphatic carbocycles. The van der Waals surface area contributed by atoms with Gasteiger partial charge in [0.1, 0.15) is 0 Å². The quantitative estimate of drug-likeness (QED) is 0.908. The molecule has 1 aliphatic heterocycles. The van der Waals surface area contributed by atoms with Crippen molar-refractivity contribution in [2.45, 2.75) is 25.3 Å². The van der Waals surface area contributed by atoms with Gasteiger partial charge in [0.2, 0.25) is 5.91 Å². The Kier molecular flexibility index (Phi) is 4.49. The fourth-order valence-corrected chi connectivity index (χ4v) is 2.81. The normalized spacial score (nSPS) is 19.9. The maximum Gasteiger partial charge on any atom is 0.227 e. The molecule has 0 radical (unpaired) electrons. The highest BCUT2D eigenvalue weighted by molar-refractivity contribution is 6.34. The average molecular weight is 287 g/mol. The molecule has 0 aromatic heterocycles. The standard InChI is InChI=1S/C13H16Cl2N2O/c14-10-4-9(5-11(15)7-10)6-13(18)17-3-1-2-12(16)8-17/h4-5,7,12H,1-3,6,8,16H2. The first-order valence-electron chi connectivity index (χ1n) is 6.03. The molecule has 1 amide bonds. The molecule has 1 unspecified atom stereocenters. The third kappa shape index (κ3) is 3.61. The average Bonchev–Trinajstić information content (AvgIpc) is 2.27. The van der Waals surface area contributed by atoms with Crippen LogP contribution in [0.15, 0.2) is 18.2 Å². The van der Waals surface area contributed by atoms with E-state index in [1.165, 1.54) is 0 Å². The topological polar surface area (TPSA) is 46.3 Å². The number of halogens is 2. The van der Waals surface area contributed by atoms with Crippen molar-refractivity contribution in [1.29, 1.82) is 0 Å². The minimum atomic E-state index is 0.0866. The molecular weight excluding hydrogens is 271 g/mol. The molecule has 1 fully saturated rings. The van der Waals surface area contributed by atoms with Gasteiger partial charge < -0.3 is 10.6 Å². The fourth-order valence-electron chi connectivity index (χ4n) is 2.24. The number of likely N-dealkylation sites (tertiary alicyclic amines) is 1. The summed E-state index contributed by atoms with van der Waals surface area (Å²) in [5.41, 5.74) is 6.71. The van der Waals surface area contributed by atoms with Crippen LogP contribution in [0.2, 0.25) is 10.0 Å². The Morgan fingerprint density at radius 2 is 2.00 bits per heavy atom. The van der Waals surface area contributed by atoms with E-state index < -0.39 is 0 Å². The van der Waals surface area contributed by atoms with Crippen LogP contribution in [-0.2, 0) is 11.2 Å². The largest absolute Gasteiger partial charge is 0.341 e. The molecule has 1 aliphatic rings. The summed E-state index contributed by atoms with van der Waals surface area (Å²) in [6.45, 7) is 1.44. The van der Waals surface area contributed by atoms with Crippen LogP contribution in [0.1, 0.15) is 18.4 Å². The third-order valence-corrected chi connectivity index (χ3v) is 3.52. The SMILES string of the molecule is NC1CCCN(C(=O)Cc2cc(Cl)cc(Cl)c2)C1. The number of hydrogen-bond acceptors (Lipinski definition) is 2. The molecule has 1 saturated heterocycles. The van der Waals surface area contributed by atoms with Crippen molar-refractivity contribution in [2.24, 2.45) is 5.73 Å². The summed E-state index contributed by atoms with van der Waals surface area (Å²) in [5, 5.41) is 1.11. The monoisotopic (exact) mass is 286 g/mol.